The summed E-state index contributed by atoms with van der Waals surface area (Å²) in [5.74, 6) is -0.0751. The molecule has 0 heterocycles. The minimum Gasteiger partial charge on any atom is -0.463 e. The van der Waals surface area contributed by atoms with Crippen LogP contribution < -0.4 is 0 Å². The van der Waals surface area contributed by atoms with Crippen molar-refractivity contribution in [3.8, 4) is 0 Å². The van der Waals surface area contributed by atoms with E-state index < -0.39 is 0 Å². The van der Waals surface area contributed by atoms with E-state index in [1.165, 1.54) is 0 Å². The van der Waals surface area contributed by atoms with Gasteiger partial charge in [0.1, 0.15) is 0 Å². The second-order valence-electron chi connectivity index (χ2n) is 7.13. The van der Waals surface area contributed by atoms with Crippen molar-refractivity contribution in [1.29, 1.82) is 0 Å². The zero-order chi connectivity index (χ0) is 13.9. The van der Waals surface area contributed by atoms with Crippen LogP contribution in [-0.2, 0) is 9.53 Å². The third-order valence-corrected chi connectivity index (χ3v) is 3.40. The van der Waals surface area contributed by atoms with Gasteiger partial charge in [0.2, 0.25) is 0 Å². The lowest BCUT2D eigenvalue weighted by atomic mass is 9.70. The molecule has 17 heavy (non-hydrogen) atoms. The van der Waals surface area contributed by atoms with E-state index in [4.69, 9.17) is 4.74 Å². The number of hydrogen-bond acceptors (Lipinski definition) is 2. The summed E-state index contributed by atoms with van der Waals surface area (Å²) in [6, 6.07) is 0. The van der Waals surface area contributed by atoms with Gasteiger partial charge >= 0.3 is 5.97 Å². The second-order valence-corrected chi connectivity index (χ2v) is 7.13. The van der Waals surface area contributed by atoms with Gasteiger partial charge in [-0.1, -0.05) is 48.0 Å². The minimum atomic E-state index is -0.0472. The van der Waals surface area contributed by atoms with Crippen LogP contribution in [0.4, 0.5) is 0 Å². The summed E-state index contributed by atoms with van der Waals surface area (Å²) < 4.78 is 5.39. The van der Waals surface area contributed by atoms with E-state index >= 15 is 0 Å². The Kier molecular flexibility index (Phi) is 5.70. The monoisotopic (exact) mass is 242 g/mol. The van der Waals surface area contributed by atoms with Crippen LogP contribution in [0.1, 0.15) is 68.2 Å². The first kappa shape index (κ1) is 16.5. The Morgan fingerprint density at radius 1 is 1.12 bits per heavy atom. The molecule has 1 unspecified atom stereocenters. The topological polar surface area (TPSA) is 26.3 Å². The molecule has 0 aliphatic heterocycles. The highest BCUT2D eigenvalue weighted by Crippen LogP contribution is 2.38. The van der Waals surface area contributed by atoms with Crippen molar-refractivity contribution in [2.75, 3.05) is 0 Å². The Hall–Kier alpha value is -0.530. The van der Waals surface area contributed by atoms with Crippen LogP contribution in [0.15, 0.2) is 0 Å². The maximum atomic E-state index is 12.2. The van der Waals surface area contributed by atoms with Gasteiger partial charge in [-0.2, -0.15) is 0 Å². The number of ether oxygens (including phenoxy) is 1. The van der Waals surface area contributed by atoms with Crippen LogP contribution in [-0.4, -0.2) is 12.1 Å². The van der Waals surface area contributed by atoms with E-state index in [1.54, 1.807) is 0 Å². The molecule has 0 rings (SSSR count). The molecule has 0 fully saturated rings. The SMILES string of the molecule is CCC(C)(C)CC(C(=O)OC(C)C)C(C)(C)C. The molecule has 0 aromatic heterocycles. The number of rotatable bonds is 5. The molecule has 0 saturated carbocycles. The van der Waals surface area contributed by atoms with Crippen molar-refractivity contribution in [3.63, 3.8) is 0 Å². The van der Waals surface area contributed by atoms with Crippen LogP contribution in [0.5, 0.6) is 0 Å². The van der Waals surface area contributed by atoms with Gasteiger partial charge in [-0.3, -0.25) is 4.79 Å². The first-order chi connectivity index (χ1) is 7.49. The predicted molar refractivity (Wildman–Crippen MR) is 72.9 cm³/mol. The average Bonchev–Trinajstić information content (AvgIpc) is 2.11. The van der Waals surface area contributed by atoms with E-state index in [0.717, 1.165) is 12.8 Å². The van der Waals surface area contributed by atoms with Gasteiger partial charge in [0.15, 0.2) is 0 Å². The normalized spacial score (nSPS) is 14.9. The van der Waals surface area contributed by atoms with Crippen LogP contribution in [0.25, 0.3) is 0 Å². The zero-order valence-corrected chi connectivity index (χ0v) is 12.9. The summed E-state index contributed by atoms with van der Waals surface area (Å²) in [6.07, 6.45) is 1.93. The van der Waals surface area contributed by atoms with E-state index in [1.807, 2.05) is 13.8 Å². The second kappa shape index (κ2) is 5.88. The summed E-state index contributed by atoms with van der Waals surface area (Å²) in [5, 5.41) is 0. The van der Waals surface area contributed by atoms with E-state index in [9.17, 15) is 4.79 Å². The molecule has 0 N–H and O–H groups in total. The van der Waals surface area contributed by atoms with E-state index in [2.05, 4.69) is 41.5 Å². The maximum absolute atomic E-state index is 12.2. The van der Waals surface area contributed by atoms with Crippen molar-refractivity contribution in [2.24, 2.45) is 16.7 Å². The average molecular weight is 242 g/mol. The fourth-order valence-electron chi connectivity index (χ4n) is 1.75. The molecule has 2 heteroatoms. The standard InChI is InChI=1S/C15H30O2/c1-9-15(7,8)10-12(14(4,5)6)13(16)17-11(2)3/h11-12H,9-10H2,1-8H3. The molecule has 102 valence electrons. The van der Waals surface area contributed by atoms with Gasteiger partial charge < -0.3 is 4.74 Å². The molecule has 0 aliphatic rings. The molecular weight excluding hydrogens is 212 g/mol. The Morgan fingerprint density at radius 3 is 1.88 bits per heavy atom. The Balaban J connectivity index is 4.85. The van der Waals surface area contributed by atoms with Crippen LogP contribution in [0.2, 0.25) is 0 Å². The largest absolute Gasteiger partial charge is 0.463 e. The highest BCUT2D eigenvalue weighted by molar-refractivity contribution is 5.73. The van der Waals surface area contributed by atoms with Gasteiger partial charge in [0, 0.05) is 0 Å². The number of carbonyl (C=O) groups is 1. The molecule has 0 bridgehead atoms. The van der Waals surface area contributed by atoms with Crippen molar-refractivity contribution < 1.29 is 9.53 Å². The van der Waals surface area contributed by atoms with Gasteiger partial charge in [0.05, 0.1) is 12.0 Å². The van der Waals surface area contributed by atoms with Gasteiger partial charge in [-0.15, -0.1) is 0 Å². The summed E-state index contributed by atoms with van der Waals surface area (Å²) in [7, 11) is 0. The van der Waals surface area contributed by atoms with Crippen molar-refractivity contribution in [1.82, 2.24) is 0 Å². The molecule has 0 aromatic carbocycles. The van der Waals surface area contributed by atoms with E-state index in [-0.39, 0.29) is 28.8 Å². The molecule has 0 amide bonds. The molecule has 0 saturated heterocycles. The van der Waals surface area contributed by atoms with Gasteiger partial charge in [0.25, 0.3) is 0 Å². The summed E-state index contributed by atoms with van der Waals surface area (Å²) in [5.41, 5.74) is 0.145. The lowest BCUT2D eigenvalue weighted by molar-refractivity contribution is -0.158. The van der Waals surface area contributed by atoms with Gasteiger partial charge in [-0.05, 0) is 31.1 Å². The zero-order valence-electron chi connectivity index (χ0n) is 12.9. The molecule has 1 atom stereocenters. The summed E-state index contributed by atoms with van der Waals surface area (Å²) in [4.78, 5) is 12.2. The fraction of sp³-hybridized carbons (Fsp3) is 0.933. The summed E-state index contributed by atoms with van der Waals surface area (Å²) >= 11 is 0. The summed E-state index contributed by atoms with van der Waals surface area (Å²) in [6.45, 7) is 16.8. The van der Waals surface area contributed by atoms with Crippen molar-refractivity contribution in [2.45, 2.75) is 74.3 Å². The third kappa shape index (κ3) is 6.09. The Bertz CT molecular complexity index is 246. The first-order valence-corrected chi connectivity index (χ1v) is 6.70. The lowest BCUT2D eigenvalue weighted by Crippen LogP contribution is -2.35. The van der Waals surface area contributed by atoms with E-state index in [0.29, 0.717) is 0 Å². The van der Waals surface area contributed by atoms with Crippen LogP contribution in [0.3, 0.4) is 0 Å². The maximum Gasteiger partial charge on any atom is 0.309 e. The van der Waals surface area contributed by atoms with Crippen molar-refractivity contribution >= 4 is 5.97 Å². The number of hydrogen-bond donors (Lipinski definition) is 0. The van der Waals surface area contributed by atoms with Gasteiger partial charge in [-0.25, -0.2) is 0 Å². The Morgan fingerprint density at radius 2 is 1.59 bits per heavy atom. The third-order valence-electron chi connectivity index (χ3n) is 3.40. The number of esters is 1. The molecule has 0 aromatic rings. The smallest absolute Gasteiger partial charge is 0.309 e. The highest BCUT2D eigenvalue weighted by atomic mass is 16.5. The Labute approximate surface area is 107 Å². The molecule has 0 radical (unpaired) electrons. The molecular formula is C15H30O2. The minimum absolute atomic E-state index is 0.0279. The molecule has 0 aliphatic carbocycles. The fourth-order valence-corrected chi connectivity index (χ4v) is 1.75. The van der Waals surface area contributed by atoms with Crippen molar-refractivity contribution in [3.05, 3.63) is 0 Å². The molecule has 0 spiro atoms. The molecule has 2 nitrogen and oxygen atoms in total. The predicted octanol–water partition coefficient (Wildman–Crippen LogP) is 4.43. The first-order valence-electron chi connectivity index (χ1n) is 6.70. The highest BCUT2D eigenvalue weighted by Gasteiger charge is 2.36. The van der Waals surface area contributed by atoms with Crippen LogP contribution in [0, 0.1) is 16.7 Å². The number of carbonyl (C=O) groups excluding carboxylic acids is 1. The van der Waals surface area contributed by atoms with Crippen LogP contribution >= 0.6 is 0 Å². The lowest BCUT2D eigenvalue weighted by Gasteiger charge is -2.35. The quantitative estimate of drug-likeness (QED) is 0.667.